The largest absolute Gasteiger partial charge is 0.377 e. The summed E-state index contributed by atoms with van der Waals surface area (Å²) < 4.78 is 83.9. The summed E-state index contributed by atoms with van der Waals surface area (Å²) in [5.41, 5.74) is -1.96. The van der Waals surface area contributed by atoms with Gasteiger partial charge in [0.15, 0.2) is 23.3 Å². The number of methoxy groups -OCH3 is 1. The molecule has 3 atom stereocenters. The molecule has 0 aliphatic heterocycles. The Labute approximate surface area is 222 Å². The summed E-state index contributed by atoms with van der Waals surface area (Å²) in [4.78, 5) is 0. The van der Waals surface area contributed by atoms with Crippen LogP contribution in [0.4, 0.5) is 22.0 Å². The van der Waals surface area contributed by atoms with Gasteiger partial charge >= 0.3 is 0 Å². The van der Waals surface area contributed by atoms with Gasteiger partial charge in [0.05, 0.1) is 11.2 Å². The van der Waals surface area contributed by atoms with E-state index in [-0.39, 0.29) is 12.3 Å². The SMILES string of the molecule is CCCCC1CCCCC1(OC)C(CC)c1c(F)c(F)c(-c2ccc(-c3ccccc3)cc2F)c(F)c1F. The molecule has 1 fully saturated rings. The van der Waals surface area contributed by atoms with E-state index < -0.39 is 57.3 Å². The first kappa shape index (κ1) is 28.3. The van der Waals surface area contributed by atoms with Gasteiger partial charge in [-0.1, -0.05) is 82.0 Å². The van der Waals surface area contributed by atoms with Gasteiger partial charge in [-0.2, -0.15) is 0 Å². The highest BCUT2D eigenvalue weighted by molar-refractivity contribution is 5.72. The standard InChI is InChI=1S/C32H35F5O/c1-4-6-14-22-15-10-11-18-32(22,38-3)24(5-2)27-30(36)28(34)26(29(35)31(27)37)23-17-16-21(19-25(23)33)20-12-8-7-9-13-20/h7-9,12-13,16-17,19,22,24H,4-6,10-11,14-15,18H2,1-3H3. The van der Waals surface area contributed by atoms with Crippen LogP contribution in [-0.4, -0.2) is 12.7 Å². The highest BCUT2D eigenvalue weighted by Crippen LogP contribution is 2.51. The van der Waals surface area contributed by atoms with Crippen molar-refractivity contribution in [3.63, 3.8) is 0 Å². The molecule has 1 saturated carbocycles. The van der Waals surface area contributed by atoms with Crippen molar-refractivity contribution in [3.8, 4) is 22.3 Å². The van der Waals surface area contributed by atoms with Crippen molar-refractivity contribution < 1.29 is 26.7 Å². The van der Waals surface area contributed by atoms with Crippen LogP contribution in [-0.2, 0) is 4.74 Å². The zero-order valence-corrected chi connectivity index (χ0v) is 22.2. The number of hydrogen-bond donors (Lipinski definition) is 0. The fourth-order valence-electron chi connectivity index (χ4n) is 6.46. The molecular formula is C32H35F5O. The van der Waals surface area contributed by atoms with E-state index in [1.807, 2.05) is 6.07 Å². The minimum atomic E-state index is -1.59. The van der Waals surface area contributed by atoms with Gasteiger partial charge in [0.2, 0.25) is 0 Å². The second-order valence-electron chi connectivity index (χ2n) is 10.3. The number of rotatable bonds is 9. The zero-order chi connectivity index (χ0) is 27.4. The first-order valence-electron chi connectivity index (χ1n) is 13.6. The molecule has 0 spiro atoms. The number of unbranched alkanes of at least 4 members (excludes halogenated alkanes) is 1. The van der Waals surface area contributed by atoms with Crippen LogP contribution in [0.5, 0.6) is 0 Å². The summed E-state index contributed by atoms with van der Waals surface area (Å²) in [6, 6.07) is 12.6. The molecule has 1 nitrogen and oxygen atoms in total. The van der Waals surface area contributed by atoms with Crippen molar-refractivity contribution >= 4 is 0 Å². The van der Waals surface area contributed by atoms with Gasteiger partial charge in [0.25, 0.3) is 0 Å². The molecule has 6 heteroatoms. The molecule has 0 bridgehead atoms. The maximum absolute atomic E-state index is 15.8. The maximum atomic E-state index is 15.8. The molecule has 0 saturated heterocycles. The minimum absolute atomic E-state index is 0.0127. The third kappa shape index (κ3) is 5.00. The molecule has 4 rings (SSSR count). The third-order valence-corrected chi connectivity index (χ3v) is 8.34. The van der Waals surface area contributed by atoms with Crippen LogP contribution < -0.4 is 0 Å². The predicted octanol–water partition coefficient (Wildman–Crippen LogP) is 9.98. The molecule has 1 aliphatic carbocycles. The Morgan fingerprint density at radius 1 is 0.868 bits per heavy atom. The molecule has 204 valence electrons. The Balaban J connectivity index is 1.83. The van der Waals surface area contributed by atoms with Crippen molar-refractivity contribution in [2.75, 3.05) is 7.11 Å². The third-order valence-electron chi connectivity index (χ3n) is 8.34. The quantitative estimate of drug-likeness (QED) is 0.198. The highest BCUT2D eigenvalue weighted by Gasteiger charge is 2.49. The Hall–Kier alpha value is -2.73. The topological polar surface area (TPSA) is 9.23 Å². The Bertz CT molecular complexity index is 1230. The summed E-state index contributed by atoms with van der Waals surface area (Å²) >= 11 is 0. The number of hydrogen-bond acceptors (Lipinski definition) is 1. The fourth-order valence-corrected chi connectivity index (χ4v) is 6.46. The van der Waals surface area contributed by atoms with E-state index in [4.69, 9.17) is 4.74 Å². The highest BCUT2D eigenvalue weighted by atomic mass is 19.2. The van der Waals surface area contributed by atoms with Crippen molar-refractivity contribution in [2.24, 2.45) is 5.92 Å². The zero-order valence-electron chi connectivity index (χ0n) is 22.2. The van der Waals surface area contributed by atoms with Crippen LogP contribution in [0.25, 0.3) is 22.3 Å². The van der Waals surface area contributed by atoms with Crippen molar-refractivity contribution in [1.29, 1.82) is 0 Å². The molecule has 0 heterocycles. The van der Waals surface area contributed by atoms with Crippen molar-refractivity contribution in [3.05, 3.63) is 83.2 Å². The van der Waals surface area contributed by atoms with E-state index in [0.717, 1.165) is 50.7 Å². The molecule has 3 unspecified atom stereocenters. The lowest BCUT2D eigenvalue weighted by atomic mass is 9.63. The van der Waals surface area contributed by atoms with E-state index in [2.05, 4.69) is 6.92 Å². The fraction of sp³-hybridized carbons (Fsp3) is 0.438. The normalized spacial score (nSPS) is 20.5. The first-order chi connectivity index (χ1) is 18.3. The summed E-state index contributed by atoms with van der Waals surface area (Å²) in [6.07, 6.45) is 6.10. The second kappa shape index (κ2) is 12.0. The molecule has 38 heavy (non-hydrogen) atoms. The smallest absolute Gasteiger partial charge is 0.170 e. The lowest BCUT2D eigenvalue weighted by Crippen LogP contribution is -2.48. The Morgan fingerprint density at radius 2 is 1.55 bits per heavy atom. The molecule has 0 amide bonds. The lowest BCUT2D eigenvalue weighted by Gasteiger charge is -2.48. The van der Waals surface area contributed by atoms with Crippen LogP contribution in [0.2, 0.25) is 0 Å². The minimum Gasteiger partial charge on any atom is -0.377 e. The molecule has 0 radical (unpaired) electrons. The van der Waals surface area contributed by atoms with E-state index in [1.165, 1.54) is 13.2 Å². The van der Waals surface area contributed by atoms with Crippen molar-refractivity contribution in [1.82, 2.24) is 0 Å². The number of ether oxygens (including phenoxy) is 1. The van der Waals surface area contributed by atoms with Gasteiger partial charge in [0.1, 0.15) is 5.82 Å². The Morgan fingerprint density at radius 3 is 2.13 bits per heavy atom. The summed E-state index contributed by atoms with van der Waals surface area (Å²) in [5, 5.41) is 0. The molecule has 0 aromatic heterocycles. The molecule has 1 aliphatic rings. The van der Waals surface area contributed by atoms with Gasteiger partial charge < -0.3 is 4.74 Å². The van der Waals surface area contributed by atoms with Crippen LogP contribution >= 0.6 is 0 Å². The monoisotopic (exact) mass is 530 g/mol. The summed E-state index contributed by atoms with van der Waals surface area (Å²) in [5.74, 6) is -7.98. The predicted molar refractivity (Wildman–Crippen MR) is 141 cm³/mol. The second-order valence-corrected chi connectivity index (χ2v) is 10.3. The summed E-state index contributed by atoms with van der Waals surface area (Å²) in [6.45, 7) is 3.82. The van der Waals surface area contributed by atoms with E-state index >= 15 is 22.0 Å². The number of benzene rings is 3. The molecular weight excluding hydrogens is 495 g/mol. The molecule has 3 aromatic carbocycles. The average molecular weight is 531 g/mol. The van der Waals surface area contributed by atoms with E-state index in [9.17, 15) is 0 Å². The maximum Gasteiger partial charge on any atom is 0.170 e. The first-order valence-corrected chi connectivity index (χ1v) is 13.6. The Kier molecular flexibility index (Phi) is 8.92. The van der Waals surface area contributed by atoms with Gasteiger partial charge in [-0.15, -0.1) is 0 Å². The van der Waals surface area contributed by atoms with Crippen molar-refractivity contribution in [2.45, 2.75) is 76.7 Å². The van der Waals surface area contributed by atoms with E-state index in [0.29, 0.717) is 17.5 Å². The van der Waals surface area contributed by atoms with Gasteiger partial charge in [-0.05, 0) is 48.8 Å². The molecule has 0 N–H and O–H groups in total. The van der Waals surface area contributed by atoms with Gasteiger partial charge in [-0.25, -0.2) is 22.0 Å². The average Bonchev–Trinajstić information content (AvgIpc) is 2.94. The van der Waals surface area contributed by atoms with Gasteiger partial charge in [0, 0.05) is 24.2 Å². The molecule has 3 aromatic rings. The van der Waals surface area contributed by atoms with Crippen LogP contribution in [0, 0.1) is 35.0 Å². The van der Waals surface area contributed by atoms with E-state index in [1.54, 1.807) is 31.2 Å². The van der Waals surface area contributed by atoms with Gasteiger partial charge in [-0.3, -0.25) is 0 Å². The van der Waals surface area contributed by atoms with Crippen LogP contribution in [0.15, 0.2) is 48.5 Å². The number of halogens is 5. The lowest BCUT2D eigenvalue weighted by molar-refractivity contribution is -0.108. The van der Waals surface area contributed by atoms with Crippen LogP contribution in [0.3, 0.4) is 0 Å². The van der Waals surface area contributed by atoms with Crippen LogP contribution in [0.1, 0.15) is 76.7 Å². The summed E-state index contributed by atoms with van der Waals surface area (Å²) in [7, 11) is 1.52.